The number of aromatic amines is 1. The van der Waals surface area contributed by atoms with Crippen LogP contribution in [0.4, 0.5) is 0 Å². The maximum Gasteiger partial charge on any atom is 0.257 e. The van der Waals surface area contributed by atoms with Gasteiger partial charge >= 0.3 is 0 Å². The molecule has 8 heteroatoms. The number of nitrogens with one attached hydrogen (secondary N) is 1. The van der Waals surface area contributed by atoms with Crippen LogP contribution in [0.2, 0.25) is 0 Å². The summed E-state index contributed by atoms with van der Waals surface area (Å²) in [7, 11) is 0. The molecule has 0 bridgehead atoms. The van der Waals surface area contributed by atoms with Gasteiger partial charge in [-0.25, -0.2) is 4.98 Å². The summed E-state index contributed by atoms with van der Waals surface area (Å²) in [4.78, 5) is 5.49. The number of hydrogen-bond acceptors (Lipinski definition) is 7. The Morgan fingerprint density at radius 1 is 1.43 bits per heavy atom. The Balaban J connectivity index is 1.47. The third-order valence-corrected chi connectivity index (χ3v) is 5.06. The van der Waals surface area contributed by atoms with Crippen molar-refractivity contribution in [2.45, 2.75) is 36.1 Å². The number of rotatable bonds is 5. The third kappa shape index (κ3) is 2.73. The normalized spacial score (nSPS) is 16.2. The van der Waals surface area contributed by atoms with Crippen molar-refractivity contribution in [2.75, 3.05) is 0 Å². The van der Waals surface area contributed by atoms with Crippen molar-refractivity contribution in [3.05, 3.63) is 29.2 Å². The van der Waals surface area contributed by atoms with Crippen LogP contribution in [0.3, 0.4) is 0 Å². The van der Waals surface area contributed by atoms with E-state index >= 15 is 0 Å². The molecule has 0 aromatic carbocycles. The zero-order valence-electron chi connectivity index (χ0n) is 11.3. The molecule has 3 aromatic heterocycles. The van der Waals surface area contributed by atoms with Gasteiger partial charge in [-0.15, -0.1) is 26.6 Å². The van der Waals surface area contributed by atoms with Crippen LogP contribution >= 0.6 is 23.1 Å². The van der Waals surface area contributed by atoms with Crippen molar-refractivity contribution in [3.8, 4) is 10.8 Å². The SMILES string of the molecule is CC(Sc1n[nH]c(C2CC2)n1)c1nnc(-c2cccs2)o1. The second-order valence-electron chi connectivity index (χ2n) is 4.96. The van der Waals surface area contributed by atoms with Crippen molar-refractivity contribution in [1.82, 2.24) is 25.4 Å². The maximum absolute atomic E-state index is 5.73. The minimum Gasteiger partial charge on any atom is -0.419 e. The van der Waals surface area contributed by atoms with Crippen molar-refractivity contribution >= 4 is 23.1 Å². The first-order valence-electron chi connectivity index (χ1n) is 6.76. The van der Waals surface area contributed by atoms with Crippen molar-refractivity contribution in [1.29, 1.82) is 0 Å². The van der Waals surface area contributed by atoms with Crippen LogP contribution in [-0.4, -0.2) is 25.4 Å². The molecule has 1 N–H and O–H groups in total. The van der Waals surface area contributed by atoms with Gasteiger partial charge in [-0.1, -0.05) is 17.8 Å². The van der Waals surface area contributed by atoms with Gasteiger partial charge in [0.25, 0.3) is 5.89 Å². The Labute approximate surface area is 129 Å². The van der Waals surface area contributed by atoms with E-state index in [1.165, 1.54) is 24.6 Å². The summed E-state index contributed by atoms with van der Waals surface area (Å²) in [6.45, 7) is 2.02. The van der Waals surface area contributed by atoms with Crippen LogP contribution in [0.1, 0.15) is 42.6 Å². The number of H-pyrrole nitrogens is 1. The standard InChI is InChI=1S/C13H13N5OS2/c1-7(21-13-14-10(15-18-13)8-4-5-8)11-16-17-12(19-11)9-3-2-6-20-9/h2-3,6-8H,4-5H2,1H3,(H,14,15,18). The lowest BCUT2D eigenvalue weighted by Crippen LogP contribution is -1.89. The molecule has 0 radical (unpaired) electrons. The van der Waals surface area contributed by atoms with E-state index in [1.54, 1.807) is 11.3 Å². The molecule has 4 rings (SSSR count). The molecule has 0 aliphatic heterocycles. The lowest BCUT2D eigenvalue weighted by atomic mass is 10.4. The Bertz CT molecular complexity index is 731. The van der Waals surface area contributed by atoms with Crippen molar-refractivity contribution in [2.24, 2.45) is 0 Å². The quantitative estimate of drug-likeness (QED) is 0.723. The maximum atomic E-state index is 5.73. The zero-order chi connectivity index (χ0) is 14.2. The van der Waals surface area contributed by atoms with Gasteiger partial charge in [0, 0.05) is 5.92 Å². The molecule has 1 saturated carbocycles. The van der Waals surface area contributed by atoms with Crippen LogP contribution < -0.4 is 0 Å². The monoisotopic (exact) mass is 319 g/mol. The minimum absolute atomic E-state index is 0.0223. The fraction of sp³-hybridized carbons (Fsp3) is 0.385. The molecule has 1 fully saturated rings. The number of aromatic nitrogens is 5. The third-order valence-electron chi connectivity index (χ3n) is 3.25. The van der Waals surface area contributed by atoms with Gasteiger partial charge < -0.3 is 4.42 Å². The molecule has 1 aliphatic rings. The lowest BCUT2D eigenvalue weighted by Gasteiger charge is -2.01. The highest BCUT2D eigenvalue weighted by atomic mass is 32.2. The molecule has 0 saturated heterocycles. The molecular formula is C13H13N5OS2. The van der Waals surface area contributed by atoms with Crippen LogP contribution in [0.5, 0.6) is 0 Å². The van der Waals surface area contributed by atoms with E-state index in [0.29, 0.717) is 17.7 Å². The molecule has 3 aromatic rings. The van der Waals surface area contributed by atoms with Crippen LogP contribution in [0.25, 0.3) is 10.8 Å². The summed E-state index contributed by atoms with van der Waals surface area (Å²) in [5.74, 6) is 2.74. The predicted molar refractivity (Wildman–Crippen MR) is 80.2 cm³/mol. The largest absolute Gasteiger partial charge is 0.419 e. The van der Waals surface area contributed by atoms with E-state index in [-0.39, 0.29) is 5.25 Å². The summed E-state index contributed by atoms with van der Waals surface area (Å²) in [6.07, 6.45) is 2.42. The molecule has 108 valence electrons. The summed E-state index contributed by atoms with van der Waals surface area (Å²) in [5, 5.41) is 18.2. The van der Waals surface area contributed by atoms with Gasteiger partial charge in [0.05, 0.1) is 10.1 Å². The molecule has 1 unspecified atom stereocenters. The summed E-state index contributed by atoms with van der Waals surface area (Å²) in [5.41, 5.74) is 0. The minimum atomic E-state index is 0.0223. The van der Waals surface area contributed by atoms with Crippen molar-refractivity contribution in [3.63, 3.8) is 0 Å². The highest BCUT2D eigenvalue weighted by Crippen LogP contribution is 2.39. The first-order valence-corrected chi connectivity index (χ1v) is 8.52. The Kier molecular flexibility index (Phi) is 3.27. The van der Waals surface area contributed by atoms with Crippen molar-refractivity contribution < 1.29 is 4.42 Å². The topological polar surface area (TPSA) is 80.5 Å². The average molecular weight is 319 g/mol. The van der Waals surface area contributed by atoms with E-state index in [0.717, 1.165) is 15.9 Å². The van der Waals surface area contributed by atoms with Gasteiger partial charge in [-0.2, -0.15) is 0 Å². The van der Waals surface area contributed by atoms with Gasteiger partial charge in [0.1, 0.15) is 5.82 Å². The summed E-state index contributed by atoms with van der Waals surface area (Å²) in [6, 6.07) is 3.94. The fourth-order valence-electron chi connectivity index (χ4n) is 1.96. The highest BCUT2D eigenvalue weighted by molar-refractivity contribution is 7.99. The smallest absolute Gasteiger partial charge is 0.257 e. The molecular weight excluding hydrogens is 306 g/mol. The Morgan fingerprint density at radius 2 is 2.33 bits per heavy atom. The number of nitrogens with zero attached hydrogens (tertiary/aromatic N) is 4. The molecule has 0 amide bonds. The number of thioether (sulfide) groups is 1. The summed E-state index contributed by atoms with van der Waals surface area (Å²) < 4.78 is 5.73. The van der Waals surface area contributed by atoms with Gasteiger partial charge in [0.2, 0.25) is 11.0 Å². The zero-order valence-corrected chi connectivity index (χ0v) is 12.9. The molecule has 0 spiro atoms. The lowest BCUT2D eigenvalue weighted by molar-refractivity contribution is 0.510. The van der Waals surface area contributed by atoms with Crippen LogP contribution in [-0.2, 0) is 0 Å². The fourth-order valence-corrected chi connectivity index (χ4v) is 3.36. The second-order valence-corrected chi connectivity index (χ2v) is 7.22. The number of hydrogen-bond donors (Lipinski definition) is 1. The van der Waals surface area contributed by atoms with Gasteiger partial charge in [0.15, 0.2) is 0 Å². The predicted octanol–water partition coefficient (Wildman–Crippen LogP) is 3.65. The van der Waals surface area contributed by atoms with E-state index in [1.807, 2.05) is 24.4 Å². The first kappa shape index (κ1) is 13.0. The summed E-state index contributed by atoms with van der Waals surface area (Å²) >= 11 is 3.11. The van der Waals surface area contributed by atoms with E-state index in [4.69, 9.17) is 4.42 Å². The molecule has 3 heterocycles. The molecule has 6 nitrogen and oxygen atoms in total. The second kappa shape index (κ2) is 5.27. The van der Waals surface area contributed by atoms with E-state index in [2.05, 4.69) is 25.4 Å². The first-order chi connectivity index (χ1) is 10.3. The molecule has 1 atom stereocenters. The van der Waals surface area contributed by atoms with Gasteiger partial charge in [-0.3, -0.25) is 5.10 Å². The Hall–Kier alpha value is -1.67. The van der Waals surface area contributed by atoms with E-state index in [9.17, 15) is 0 Å². The van der Waals surface area contributed by atoms with Gasteiger partial charge in [-0.05, 0) is 31.2 Å². The Morgan fingerprint density at radius 3 is 3.10 bits per heavy atom. The average Bonchev–Trinajstić information content (AvgIpc) is 2.94. The number of thiophene rings is 1. The van der Waals surface area contributed by atoms with Crippen LogP contribution in [0.15, 0.2) is 27.1 Å². The molecule has 21 heavy (non-hydrogen) atoms. The molecule has 1 aliphatic carbocycles. The van der Waals surface area contributed by atoms with Crippen LogP contribution in [0, 0.1) is 0 Å². The highest BCUT2D eigenvalue weighted by Gasteiger charge is 2.28. The van der Waals surface area contributed by atoms with E-state index < -0.39 is 0 Å².